The number of nitrogens with zero attached hydrogens (tertiary/aromatic N) is 3. The molecule has 2 aromatic heterocycles. The van der Waals surface area contributed by atoms with Crippen LogP contribution in [0.25, 0.3) is 0 Å². The quantitative estimate of drug-likeness (QED) is 0.914. The molecule has 6 heteroatoms. The van der Waals surface area contributed by atoms with Crippen molar-refractivity contribution in [1.82, 2.24) is 15.0 Å². The lowest BCUT2D eigenvalue weighted by molar-refractivity contribution is 0.184. The maximum Gasteiger partial charge on any atom is 0.240 e. The summed E-state index contributed by atoms with van der Waals surface area (Å²) in [5, 5.41) is 6.13. The van der Waals surface area contributed by atoms with Crippen LogP contribution in [0.15, 0.2) is 16.0 Å². The topological polar surface area (TPSA) is 68.2 Å². The van der Waals surface area contributed by atoms with Gasteiger partial charge in [0.05, 0.1) is 13.1 Å². The molecule has 0 bridgehead atoms. The molecule has 0 radical (unpaired) electrons. The summed E-state index contributed by atoms with van der Waals surface area (Å²) in [4.78, 5) is 8.14. The summed E-state index contributed by atoms with van der Waals surface area (Å²) >= 11 is 1.85. The van der Waals surface area contributed by atoms with Crippen LogP contribution in [0.4, 0.5) is 0 Å². The first-order chi connectivity index (χ1) is 8.78. The Morgan fingerprint density at radius 2 is 2.50 bits per heavy atom. The van der Waals surface area contributed by atoms with Crippen molar-refractivity contribution in [3.05, 3.63) is 33.6 Å². The highest BCUT2D eigenvalue weighted by atomic mass is 32.1. The zero-order valence-corrected chi connectivity index (χ0v) is 11.1. The van der Waals surface area contributed by atoms with Crippen molar-refractivity contribution in [3.63, 3.8) is 0 Å². The van der Waals surface area contributed by atoms with Crippen molar-refractivity contribution in [1.29, 1.82) is 0 Å². The van der Waals surface area contributed by atoms with E-state index >= 15 is 0 Å². The van der Waals surface area contributed by atoms with E-state index in [1.54, 1.807) is 0 Å². The second-order valence-corrected chi connectivity index (χ2v) is 5.50. The Kier molecular flexibility index (Phi) is 3.15. The van der Waals surface area contributed by atoms with Gasteiger partial charge in [-0.2, -0.15) is 4.98 Å². The van der Waals surface area contributed by atoms with Gasteiger partial charge >= 0.3 is 0 Å². The Balaban J connectivity index is 1.74. The van der Waals surface area contributed by atoms with E-state index in [1.165, 1.54) is 10.4 Å². The smallest absolute Gasteiger partial charge is 0.240 e. The van der Waals surface area contributed by atoms with Crippen LogP contribution in [0.2, 0.25) is 0 Å². The Hall–Kier alpha value is -1.24. The average Bonchev–Trinajstić information content (AvgIpc) is 3.01. The summed E-state index contributed by atoms with van der Waals surface area (Å²) in [6.07, 6.45) is 1.11. The van der Waals surface area contributed by atoms with E-state index in [9.17, 15) is 0 Å². The Bertz CT molecular complexity index is 536. The molecule has 1 aliphatic rings. The maximum atomic E-state index is 5.46. The fraction of sp³-hybridized carbons (Fsp3) is 0.500. The van der Waals surface area contributed by atoms with E-state index in [1.807, 2.05) is 11.3 Å². The molecule has 18 heavy (non-hydrogen) atoms. The molecule has 96 valence electrons. The summed E-state index contributed by atoms with van der Waals surface area (Å²) in [6.45, 7) is 4.30. The van der Waals surface area contributed by atoms with Gasteiger partial charge in [-0.25, -0.2) is 0 Å². The van der Waals surface area contributed by atoms with Gasteiger partial charge in [-0.15, -0.1) is 11.3 Å². The van der Waals surface area contributed by atoms with Gasteiger partial charge in [0.15, 0.2) is 5.82 Å². The van der Waals surface area contributed by atoms with Crippen molar-refractivity contribution in [2.75, 3.05) is 6.54 Å². The zero-order chi connectivity index (χ0) is 12.5. The predicted molar refractivity (Wildman–Crippen MR) is 69.0 cm³/mol. The number of fused-ring (bicyclic) bond motifs is 1. The molecule has 1 atom stereocenters. The van der Waals surface area contributed by atoms with E-state index in [0.29, 0.717) is 18.5 Å². The second kappa shape index (κ2) is 4.79. The fourth-order valence-corrected chi connectivity index (χ4v) is 3.36. The summed E-state index contributed by atoms with van der Waals surface area (Å²) in [5.74, 6) is 1.23. The van der Waals surface area contributed by atoms with Gasteiger partial charge in [0, 0.05) is 17.5 Å². The number of rotatable bonds is 3. The van der Waals surface area contributed by atoms with Gasteiger partial charge < -0.3 is 10.3 Å². The molecule has 3 rings (SSSR count). The van der Waals surface area contributed by atoms with Crippen LogP contribution in [0, 0.1) is 0 Å². The Labute approximate surface area is 110 Å². The van der Waals surface area contributed by atoms with E-state index in [4.69, 9.17) is 10.3 Å². The molecular formula is C12H16N4OS. The third kappa shape index (κ3) is 2.07. The third-order valence-corrected chi connectivity index (χ3v) is 4.43. The molecule has 0 aromatic carbocycles. The lowest BCUT2D eigenvalue weighted by Gasteiger charge is -2.32. The number of hydrogen-bond donors (Lipinski definition) is 1. The minimum atomic E-state index is 0.303. The molecular weight excluding hydrogens is 248 g/mol. The number of nitrogens with two attached hydrogens (primary N) is 1. The number of hydrogen-bond acceptors (Lipinski definition) is 6. The fourth-order valence-electron chi connectivity index (χ4n) is 2.40. The van der Waals surface area contributed by atoms with Crippen LogP contribution < -0.4 is 5.73 Å². The highest BCUT2D eigenvalue weighted by molar-refractivity contribution is 7.10. The van der Waals surface area contributed by atoms with Crippen molar-refractivity contribution in [2.24, 2.45) is 5.73 Å². The van der Waals surface area contributed by atoms with E-state index in [2.05, 4.69) is 33.4 Å². The monoisotopic (exact) mass is 264 g/mol. The molecule has 0 saturated carbocycles. The van der Waals surface area contributed by atoms with Gasteiger partial charge in [-0.05, 0) is 30.4 Å². The molecule has 1 unspecified atom stereocenters. The van der Waals surface area contributed by atoms with Crippen LogP contribution in [0.5, 0.6) is 0 Å². The van der Waals surface area contributed by atoms with Crippen LogP contribution in [0.3, 0.4) is 0 Å². The summed E-state index contributed by atoms with van der Waals surface area (Å²) in [7, 11) is 0. The maximum absolute atomic E-state index is 5.46. The summed E-state index contributed by atoms with van der Waals surface area (Å²) in [6, 6.07) is 2.64. The average molecular weight is 264 g/mol. The molecule has 1 aliphatic heterocycles. The van der Waals surface area contributed by atoms with Crippen molar-refractivity contribution in [3.8, 4) is 0 Å². The molecule has 2 aromatic rings. The minimum Gasteiger partial charge on any atom is -0.338 e. The van der Waals surface area contributed by atoms with Crippen LogP contribution in [-0.2, 0) is 19.5 Å². The van der Waals surface area contributed by atoms with Gasteiger partial charge in [0.2, 0.25) is 5.89 Å². The molecule has 0 spiro atoms. The van der Waals surface area contributed by atoms with Gasteiger partial charge in [0.1, 0.15) is 0 Å². The van der Waals surface area contributed by atoms with E-state index in [0.717, 1.165) is 25.3 Å². The Morgan fingerprint density at radius 3 is 3.28 bits per heavy atom. The van der Waals surface area contributed by atoms with Crippen molar-refractivity contribution in [2.45, 2.75) is 32.5 Å². The van der Waals surface area contributed by atoms with E-state index < -0.39 is 0 Å². The number of thiophene rings is 1. The molecule has 2 N–H and O–H groups in total. The summed E-state index contributed by atoms with van der Waals surface area (Å²) < 4.78 is 5.03. The van der Waals surface area contributed by atoms with Crippen LogP contribution in [0.1, 0.15) is 35.1 Å². The molecule has 3 heterocycles. The predicted octanol–water partition coefficient (Wildman–Crippen LogP) is 1.71. The van der Waals surface area contributed by atoms with Gasteiger partial charge in [-0.1, -0.05) is 5.16 Å². The first-order valence-corrected chi connectivity index (χ1v) is 6.97. The molecule has 0 saturated heterocycles. The lowest BCUT2D eigenvalue weighted by Crippen LogP contribution is -2.33. The minimum absolute atomic E-state index is 0.303. The van der Waals surface area contributed by atoms with Crippen molar-refractivity contribution < 1.29 is 4.52 Å². The first-order valence-electron chi connectivity index (χ1n) is 6.09. The van der Waals surface area contributed by atoms with Crippen LogP contribution in [-0.4, -0.2) is 21.6 Å². The van der Waals surface area contributed by atoms with Gasteiger partial charge in [-0.3, -0.25) is 4.90 Å². The van der Waals surface area contributed by atoms with Gasteiger partial charge in [0.25, 0.3) is 0 Å². The third-order valence-electron chi connectivity index (χ3n) is 3.43. The molecule has 5 nitrogen and oxygen atoms in total. The van der Waals surface area contributed by atoms with E-state index in [-0.39, 0.29) is 0 Å². The molecule has 0 aliphatic carbocycles. The molecule has 0 amide bonds. The Morgan fingerprint density at radius 1 is 1.61 bits per heavy atom. The largest absolute Gasteiger partial charge is 0.338 e. The lowest BCUT2D eigenvalue weighted by atomic mass is 10.0. The normalized spacial score (nSPS) is 20.0. The SMILES string of the molecule is CC1c2ccsc2CCN1Cc1noc(CN)n1. The van der Waals surface area contributed by atoms with Crippen LogP contribution >= 0.6 is 11.3 Å². The van der Waals surface area contributed by atoms with Crippen molar-refractivity contribution >= 4 is 11.3 Å². The highest BCUT2D eigenvalue weighted by Gasteiger charge is 2.25. The highest BCUT2D eigenvalue weighted by Crippen LogP contribution is 2.33. The second-order valence-electron chi connectivity index (χ2n) is 4.50. The zero-order valence-electron chi connectivity index (χ0n) is 10.3. The molecule has 0 fully saturated rings. The first kappa shape index (κ1) is 11.8. The number of aromatic nitrogens is 2. The summed E-state index contributed by atoms with van der Waals surface area (Å²) in [5.41, 5.74) is 6.90. The standard InChI is InChI=1S/C12H16N4OS/c1-8-9-3-5-18-10(9)2-4-16(8)7-11-14-12(6-13)17-15-11/h3,5,8H,2,4,6-7,13H2,1H3.